The normalized spacial score (nSPS) is 20.8. The molecule has 1 aliphatic carbocycles. The summed E-state index contributed by atoms with van der Waals surface area (Å²) < 4.78 is 23.9. The number of aryl methyl sites for hydroxylation is 4. The number of hydrogen-bond acceptors (Lipinski definition) is 2. The number of benzene rings is 5. The van der Waals surface area contributed by atoms with Crippen molar-refractivity contribution in [3.8, 4) is 11.5 Å². The van der Waals surface area contributed by atoms with E-state index in [1.807, 2.05) is 0 Å². The van der Waals surface area contributed by atoms with Gasteiger partial charge in [-0.3, -0.25) is 0 Å². The average molecular weight is 792 g/mol. The number of ether oxygens (including phenoxy) is 2. The molecule has 2 fully saturated rings. The van der Waals surface area contributed by atoms with Gasteiger partial charge in [0, 0.05) is 0 Å². The molecule has 3 aliphatic heterocycles. The van der Waals surface area contributed by atoms with Crippen molar-refractivity contribution in [2.45, 2.75) is 115 Å². The van der Waals surface area contributed by atoms with E-state index in [1.165, 1.54) is 90.2 Å². The monoisotopic (exact) mass is 791 g/mol. The van der Waals surface area contributed by atoms with Gasteiger partial charge in [-0.2, -0.15) is 0 Å². The fraction of sp³-hybridized carbons (Fsp3) is 0.360. The molecule has 5 heteroatoms. The molecule has 9 rings (SSSR count). The van der Waals surface area contributed by atoms with Crippen LogP contribution in [-0.4, -0.2) is 53.2 Å². The number of hydrogen-bond donors (Lipinski definition) is 0. The molecule has 4 nitrogen and oxygen atoms in total. The van der Waals surface area contributed by atoms with Crippen molar-refractivity contribution in [3.05, 3.63) is 149 Å². The molecule has 3 atom stereocenters. The van der Waals surface area contributed by atoms with Crippen LogP contribution in [0.3, 0.4) is 0 Å². The van der Waals surface area contributed by atoms with E-state index in [4.69, 9.17) is 9.47 Å². The van der Waals surface area contributed by atoms with Crippen molar-refractivity contribution in [3.63, 3.8) is 0 Å². The van der Waals surface area contributed by atoms with Gasteiger partial charge in [0.25, 0.3) is 0 Å². The first-order chi connectivity index (χ1) is 27.0. The van der Waals surface area contributed by atoms with Gasteiger partial charge in [-0.1, -0.05) is 25.8 Å². The van der Waals surface area contributed by atoms with Gasteiger partial charge in [-0.25, -0.2) is 0 Å². The number of unbranched alkanes of at least 4 members (excludes halogenated alkanes) is 3. The molecule has 5 aromatic carbocycles. The van der Waals surface area contributed by atoms with Crippen LogP contribution in [0.5, 0.6) is 11.5 Å². The standard InChI is InChI=1S/C50H56AsN2O2/c1-4-5-9-20-39-31-37(2)48-41(33-39)35-52-46-28-16-17-29-47(46)53-36-42-34-40(32-38(3)49(42)55-50(52,53)54-48)21-18-19-30-51(43-22-10-6-11-23-43,44-24-12-7-13-25-44)45-26-14-8-15-27-45/h6-8,10-15,22-27,31-36,46-47H,4-5,9,16-21,28-30H2,1-3H3/q+3. The van der Waals surface area contributed by atoms with Crippen molar-refractivity contribution in [2.24, 2.45) is 0 Å². The van der Waals surface area contributed by atoms with Crippen LogP contribution in [-0.2, 0) is 12.8 Å². The third kappa shape index (κ3) is 6.49. The molecule has 55 heavy (non-hydrogen) atoms. The number of fused-ring (bicyclic) bond motifs is 5. The summed E-state index contributed by atoms with van der Waals surface area (Å²) in [6, 6.07) is 43.4. The van der Waals surface area contributed by atoms with E-state index in [0.717, 1.165) is 43.6 Å². The van der Waals surface area contributed by atoms with Gasteiger partial charge in [0.1, 0.15) is 0 Å². The third-order valence-electron chi connectivity index (χ3n) is 12.7. The summed E-state index contributed by atoms with van der Waals surface area (Å²) in [7, 11) is 0. The average Bonchev–Trinajstić information content (AvgIpc) is 3.49. The van der Waals surface area contributed by atoms with Gasteiger partial charge in [0.15, 0.2) is 0 Å². The van der Waals surface area contributed by atoms with Crippen LogP contribution in [0.25, 0.3) is 0 Å². The molecule has 1 saturated heterocycles. The summed E-state index contributed by atoms with van der Waals surface area (Å²) in [5.41, 5.74) is 7.58. The molecule has 1 spiro atoms. The van der Waals surface area contributed by atoms with Gasteiger partial charge in [-0.15, -0.1) is 0 Å². The van der Waals surface area contributed by atoms with Crippen LogP contribution in [0.2, 0.25) is 5.21 Å². The Hall–Kier alpha value is -4.40. The third-order valence-corrected chi connectivity index (χ3v) is 22.2. The zero-order valence-corrected chi connectivity index (χ0v) is 34.8. The SMILES string of the molecule is CCCCCc1cc(C)c2c(c1)C=[N+]1C3CCCCC3[N+]3=Cc4cc(CCCC[As+](c5ccccc5)(c5ccccc5)c5ccccc5)cc(C)c4OC13O2. The van der Waals surface area contributed by atoms with Gasteiger partial charge in [0.2, 0.25) is 0 Å². The molecule has 0 amide bonds. The second-order valence-electron chi connectivity index (χ2n) is 16.4. The Morgan fingerprint density at radius 3 is 1.45 bits per heavy atom. The molecule has 3 unspecified atom stereocenters. The molecule has 3 heterocycles. The van der Waals surface area contributed by atoms with E-state index in [1.54, 1.807) is 0 Å². The predicted octanol–water partition coefficient (Wildman–Crippen LogP) is 8.81. The molecule has 1 saturated carbocycles. The van der Waals surface area contributed by atoms with Crippen LogP contribution >= 0.6 is 0 Å². The minimum absolute atomic E-state index is 0.356. The second-order valence-corrected chi connectivity index (χ2v) is 23.9. The molecule has 0 radical (unpaired) electrons. The van der Waals surface area contributed by atoms with Crippen LogP contribution in [0.15, 0.2) is 115 Å². The molecule has 4 aliphatic rings. The molecule has 0 N–H and O–H groups in total. The van der Waals surface area contributed by atoms with Crippen molar-refractivity contribution in [1.82, 2.24) is 0 Å². The van der Waals surface area contributed by atoms with E-state index in [2.05, 4.69) is 158 Å². The first-order valence-electron chi connectivity index (χ1n) is 21.0. The Morgan fingerprint density at radius 1 is 0.582 bits per heavy atom. The van der Waals surface area contributed by atoms with Crippen molar-refractivity contribution in [2.75, 3.05) is 0 Å². The van der Waals surface area contributed by atoms with E-state index >= 15 is 0 Å². The van der Waals surface area contributed by atoms with E-state index in [-0.39, 0.29) is 0 Å². The Kier molecular flexibility index (Phi) is 10.1. The molecule has 0 bridgehead atoms. The zero-order valence-electron chi connectivity index (χ0n) is 32.9. The Balaban J connectivity index is 1.00. The fourth-order valence-corrected chi connectivity index (χ4v) is 19.4. The Labute approximate surface area is 331 Å². The molecular weight excluding hydrogens is 735 g/mol. The van der Waals surface area contributed by atoms with Crippen molar-refractivity contribution >= 4 is 39.0 Å². The topological polar surface area (TPSA) is 24.5 Å². The van der Waals surface area contributed by atoms with E-state index in [9.17, 15) is 0 Å². The van der Waals surface area contributed by atoms with Gasteiger partial charge >= 0.3 is 258 Å². The Morgan fingerprint density at radius 2 is 1.02 bits per heavy atom. The maximum atomic E-state index is 7.24. The van der Waals surface area contributed by atoms with Crippen LogP contribution < -0.4 is 22.5 Å². The van der Waals surface area contributed by atoms with Gasteiger partial charge < -0.3 is 0 Å². The molecule has 280 valence electrons. The van der Waals surface area contributed by atoms with Gasteiger partial charge in [-0.05, 0) is 43.4 Å². The molecule has 0 aromatic heterocycles. The van der Waals surface area contributed by atoms with Crippen molar-refractivity contribution < 1.29 is 18.6 Å². The molecular formula is C50H56AsN2O2+3. The maximum absolute atomic E-state index is 7.24. The summed E-state index contributed by atoms with van der Waals surface area (Å²) in [4.78, 5) is 0. The summed E-state index contributed by atoms with van der Waals surface area (Å²) in [5.74, 6) is 1.92. The van der Waals surface area contributed by atoms with E-state index < -0.39 is 19.6 Å². The van der Waals surface area contributed by atoms with Crippen molar-refractivity contribution in [1.29, 1.82) is 0 Å². The summed E-state index contributed by atoms with van der Waals surface area (Å²) in [6.07, 6.45) is 17.8. The fourth-order valence-electron chi connectivity index (χ4n) is 10.1. The quantitative estimate of drug-likeness (QED) is 0.0718. The second kappa shape index (κ2) is 15.3. The van der Waals surface area contributed by atoms with Gasteiger partial charge in [0.05, 0.1) is 5.56 Å². The summed E-state index contributed by atoms with van der Waals surface area (Å²) in [6.45, 7) is 6.71. The summed E-state index contributed by atoms with van der Waals surface area (Å²) >= 11 is -2.72. The Bertz CT molecular complexity index is 2130. The first kappa shape index (κ1) is 36.2. The van der Waals surface area contributed by atoms with Crippen LogP contribution in [0.4, 0.5) is 0 Å². The molecule has 5 aromatic rings. The summed E-state index contributed by atoms with van der Waals surface area (Å²) in [5, 5.41) is 1.21. The zero-order chi connectivity index (χ0) is 37.4. The number of nitrogens with zero attached hydrogens (tertiary/aromatic N) is 2. The number of rotatable bonds is 12. The predicted molar refractivity (Wildman–Crippen MR) is 228 cm³/mol. The van der Waals surface area contributed by atoms with Crippen LogP contribution in [0.1, 0.15) is 98.1 Å². The minimum atomic E-state index is -2.72. The van der Waals surface area contributed by atoms with E-state index in [0.29, 0.717) is 12.1 Å². The first-order valence-corrected chi connectivity index (χ1v) is 25.1. The van der Waals surface area contributed by atoms with Crippen LogP contribution in [0, 0.1) is 13.8 Å².